The Morgan fingerprint density at radius 1 is 1.43 bits per heavy atom. The van der Waals surface area contributed by atoms with E-state index in [4.69, 9.17) is 16.0 Å². The van der Waals surface area contributed by atoms with Gasteiger partial charge in [0.15, 0.2) is 0 Å². The van der Waals surface area contributed by atoms with E-state index in [0.717, 1.165) is 29.5 Å². The largest absolute Gasteiger partial charge is 0.444 e. The van der Waals surface area contributed by atoms with Crippen LogP contribution >= 0.6 is 11.6 Å². The molecule has 1 heterocycles. The maximum atomic E-state index is 6.16. The molecule has 1 unspecified atom stereocenters. The molecule has 4 heteroatoms. The molecule has 3 nitrogen and oxygen atoms in total. The topological polar surface area (TPSA) is 38.1 Å². The average Bonchev–Trinajstić information content (AvgIpc) is 2.98. The maximum absolute atomic E-state index is 6.16. The predicted octanol–water partition coefficient (Wildman–Crippen LogP) is 4.30. The fourth-order valence-corrected chi connectivity index (χ4v) is 3.36. The highest BCUT2D eigenvalue weighted by atomic mass is 35.5. The van der Waals surface area contributed by atoms with Gasteiger partial charge in [0.1, 0.15) is 5.76 Å². The van der Waals surface area contributed by atoms with Crippen molar-refractivity contribution in [3.8, 4) is 0 Å². The Bertz CT molecular complexity index is 648. The van der Waals surface area contributed by atoms with Crippen molar-refractivity contribution in [2.75, 3.05) is 0 Å². The third-order valence-corrected chi connectivity index (χ3v) is 4.49. The smallest absolute Gasteiger partial charge is 0.208 e. The third-order valence-electron chi connectivity index (χ3n) is 4.25. The molecule has 1 aliphatic carbocycles. The van der Waals surface area contributed by atoms with Crippen LogP contribution < -0.4 is 5.32 Å². The van der Waals surface area contributed by atoms with Crippen molar-refractivity contribution in [3.63, 3.8) is 0 Å². The van der Waals surface area contributed by atoms with E-state index in [1.54, 1.807) is 0 Å². The van der Waals surface area contributed by atoms with E-state index in [-0.39, 0.29) is 11.5 Å². The summed E-state index contributed by atoms with van der Waals surface area (Å²) in [6, 6.07) is 6.46. The van der Waals surface area contributed by atoms with Crippen molar-refractivity contribution in [3.05, 3.63) is 52.2 Å². The average molecular weight is 305 g/mol. The van der Waals surface area contributed by atoms with Crippen LogP contribution in [0.3, 0.4) is 0 Å². The second-order valence-electron chi connectivity index (χ2n) is 6.40. The zero-order valence-electron chi connectivity index (χ0n) is 12.7. The highest BCUT2D eigenvalue weighted by Crippen LogP contribution is 2.45. The summed E-state index contributed by atoms with van der Waals surface area (Å²) in [5.74, 6) is 1.68. The summed E-state index contributed by atoms with van der Waals surface area (Å²) >= 11 is 6.16. The van der Waals surface area contributed by atoms with Crippen molar-refractivity contribution in [2.45, 2.75) is 46.2 Å². The van der Waals surface area contributed by atoms with Gasteiger partial charge in [0.05, 0.1) is 12.7 Å². The van der Waals surface area contributed by atoms with Crippen molar-refractivity contribution in [1.82, 2.24) is 10.3 Å². The molecule has 2 aromatic rings. The van der Waals surface area contributed by atoms with E-state index in [9.17, 15) is 0 Å². The molecule has 21 heavy (non-hydrogen) atoms. The summed E-state index contributed by atoms with van der Waals surface area (Å²) in [6.45, 7) is 7.27. The van der Waals surface area contributed by atoms with Crippen LogP contribution in [0.5, 0.6) is 0 Å². The van der Waals surface area contributed by atoms with Crippen LogP contribution in [0.15, 0.2) is 28.8 Å². The number of hydrogen-bond donors (Lipinski definition) is 1. The van der Waals surface area contributed by atoms with Crippen molar-refractivity contribution in [2.24, 2.45) is 5.41 Å². The van der Waals surface area contributed by atoms with Crippen molar-refractivity contribution >= 4 is 11.6 Å². The number of nitrogens with zero attached hydrogens (tertiary/aromatic N) is 1. The standard InChI is InChI=1S/C17H21ClN2O/c1-4-13-9-19-15(21-13)10-20-16-14-7-12(18)6-5-11(14)8-17(16,2)3/h5-7,9,16,20H,4,8,10H2,1-3H3. The van der Waals surface area contributed by atoms with E-state index < -0.39 is 0 Å². The van der Waals surface area contributed by atoms with Gasteiger partial charge in [0.2, 0.25) is 5.89 Å². The fraction of sp³-hybridized carbons (Fsp3) is 0.471. The van der Waals surface area contributed by atoms with Crippen LogP contribution in [0.2, 0.25) is 5.02 Å². The molecule has 0 bridgehead atoms. The van der Waals surface area contributed by atoms with Crippen molar-refractivity contribution < 1.29 is 4.42 Å². The van der Waals surface area contributed by atoms with Crippen LogP contribution in [-0.2, 0) is 19.4 Å². The van der Waals surface area contributed by atoms with Crippen molar-refractivity contribution in [1.29, 1.82) is 0 Å². The van der Waals surface area contributed by atoms with Gasteiger partial charge in [-0.3, -0.25) is 0 Å². The van der Waals surface area contributed by atoms with Crippen LogP contribution in [0.1, 0.15) is 49.6 Å². The number of oxazole rings is 1. The molecule has 1 N–H and O–H groups in total. The number of benzene rings is 1. The molecule has 112 valence electrons. The predicted molar refractivity (Wildman–Crippen MR) is 84.4 cm³/mol. The van der Waals surface area contributed by atoms with Gasteiger partial charge in [-0.15, -0.1) is 0 Å². The molecule has 0 aliphatic heterocycles. The normalized spacial score (nSPS) is 19.7. The minimum absolute atomic E-state index is 0.160. The van der Waals surface area contributed by atoms with Gasteiger partial charge >= 0.3 is 0 Å². The molecular formula is C17H21ClN2O. The summed E-state index contributed by atoms with van der Waals surface area (Å²) in [4.78, 5) is 4.31. The van der Waals surface area contributed by atoms with E-state index in [1.807, 2.05) is 12.3 Å². The molecular weight excluding hydrogens is 284 g/mol. The number of rotatable bonds is 4. The minimum Gasteiger partial charge on any atom is -0.444 e. The minimum atomic E-state index is 0.160. The van der Waals surface area contributed by atoms with E-state index in [0.29, 0.717) is 6.54 Å². The lowest BCUT2D eigenvalue weighted by atomic mass is 9.85. The van der Waals surface area contributed by atoms with Gasteiger partial charge in [-0.25, -0.2) is 4.98 Å². The zero-order valence-corrected chi connectivity index (χ0v) is 13.5. The van der Waals surface area contributed by atoms with E-state index in [1.165, 1.54) is 11.1 Å². The highest BCUT2D eigenvalue weighted by molar-refractivity contribution is 6.30. The molecule has 0 amide bonds. The molecule has 0 fully saturated rings. The lowest BCUT2D eigenvalue weighted by Crippen LogP contribution is -2.30. The second-order valence-corrected chi connectivity index (χ2v) is 6.83. The molecule has 1 aromatic carbocycles. The Kier molecular flexibility index (Phi) is 3.80. The molecule has 0 saturated carbocycles. The lowest BCUT2D eigenvalue weighted by Gasteiger charge is -2.28. The summed E-state index contributed by atoms with van der Waals surface area (Å²) < 4.78 is 5.67. The number of aromatic nitrogens is 1. The van der Waals surface area contributed by atoms with E-state index >= 15 is 0 Å². The number of hydrogen-bond acceptors (Lipinski definition) is 3. The zero-order chi connectivity index (χ0) is 15.0. The Balaban J connectivity index is 1.79. The van der Waals surface area contributed by atoms with E-state index in [2.05, 4.69) is 43.2 Å². The molecule has 1 aliphatic rings. The summed E-state index contributed by atoms with van der Waals surface area (Å²) in [5, 5.41) is 4.39. The van der Waals surface area contributed by atoms with Gasteiger partial charge in [-0.1, -0.05) is 38.4 Å². The first-order chi connectivity index (χ1) is 9.99. The Hall–Kier alpha value is -1.32. The first-order valence-corrected chi connectivity index (χ1v) is 7.82. The number of nitrogens with one attached hydrogen (secondary N) is 1. The van der Waals surface area contributed by atoms with Crippen LogP contribution in [-0.4, -0.2) is 4.98 Å². The lowest BCUT2D eigenvalue weighted by molar-refractivity contribution is 0.260. The first-order valence-electron chi connectivity index (χ1n) is 7.45. The highest BCUT2D eigenvalue weighted by Gasteiger charge is 2.38. The second kappa shape index (κ2) is 5.47. The van der Waals surface area contributed by atoms with Gasteiger partial charge in [0.25, 0.3) is 0 Å². The summed E-state index contributed by atoms with van der Waals surface area (Å²) in [7, 11) is 0. The Labute approximate surface area is 130 Å². The van der Waals surface area contributed by atoms with Gasteiger partial charge in [0, 0.05) is 17.5 Å². The van der Waals surface area contributed by atoms with Crippen LogP contribution in [0, 0.1) is 5.41 Å². The monoisotopic (exact) mass is 304 g/mol. The third kappa shape index (κ3) is 2.85. The maximum Gasteiger partial charge on any atom is 0.208 e. The van der Waals surface area contributed by atoms with Gasteiger partial charge in [-0.2, -0.15) is 0 Å². The fourth-order valence-electron chi connectivity index (χ4n) is 3.18. The number of aryl methyl sites for hydroxylation is 1. The molecule has 0 spiro atoms. The molecule has 0 radical (unpaired) electrons. The molecule has 3 rings (SSSR count). The Morgan fingerprint density at radius 2 is 2.24 bits per heavy atom. The quantitative estimate of drug-likeness (QED) is 0.915. The van der Waals surface area contributed by atoms with Crippen LogP contribution in [0.4, 0.5) is 0 Å². The molecule has 1 atom stereocenters. The first kappa shape index (κ1) is 14.6. The van der Waals surface area contributed by atoms with Crippen LogP contribution in [0.25, 0.3) is 0 Å². The summed E-state index contributed by atoms with van der Waals surface area (Å²) in [6.07, 6.45) is 3.74. The number of halogens is 1. The molecule has 1 aromatic heterocycles. The SMILES string of the molecule is CCc1cnc(CNC2c3cc(Cl)ccc3CC2(C)C)o1. The molecule has 0 saturated heterocycles. The van der Waals surface area contributed by atoms with Gasteiger partial charge in [-0.05, 0) is 35.1 Å². The number of fused-ring (bicyclic) bond motifs is 1. The Morgan fingerprint density at radius 3 is 2.95 bits per heavy atom. The van der Waals surface area contributed by atoms with Gasteiger partial charge < -0.3 is 9.73 Å². The summed E-state index contributed by atoms with van der Waals surface area (Å²) in [5.41, 5.74) is 2.84.